The van der Waals surface area contributed by atoms with E-state index in [1.807, 2.05) is 0 Å². The number of imidazole rings is 1. The number of nitrogens with one attached hydrogen (secondary N) is 1. The minimum Gasteiger partial charge on any atom is -0.478 e. The molecule has 1 aromatic heterocycles. The van der Waals surface area contributed by atoms with Gasteiger partial charge in [-0.05, 0) is 19.1 Å². The first-order valence-corrected chi connectivity index (χ1v) is 7.14. The largest absolute Gasteiger partial charge is 0.478 e. The summed E-state index contributed by atoms with van der Waals surface area (Å²) in [5, 5.41) is 8.87. The molecule has 0 aliphatic rings. The van der Waals surface area contributed by atoms with E-state index in [-0.39, 0.29) is 16.3 Å². The van der Waals surface area contributed by atoms with Gasteiger partial charge in [-0.2, -0.15) is 8.42 Å². The van der Waals surface area contributed by atoms with Crippen LogP contribution in [0.5, 0.6) is 0 Å². The second kappa shape index (κ2) is 4.97. The maximum Gasteiger partial charge on any atom is 0.337 e. The van der Waals surface area contributed by atoms with E-state index in [1.54, 1.807) is 24.6 Å². The number of para-hydroxylation sites is 1. The van der Waals surface area contributed by atoms with Crippen LogP contribution in [0, 0.1) is 6.92 Å². The lowest BCUT2D eigenvalue weighted by Crippen LogP contribution is -2.16. The number of aromatic nitrogens is 2. The first-order valence-electron chi connectivity index (χ1n) is 5.66. The van der Waals surface area contributed by atoms with E-state index in [1.165, 1.54) is 24.4 Å². The molecule has 0 atom stereocenters. The summed E-state index contributed by atoms with van der Waals surface area (Å²) in [7, 11) is -2.24. The Morgan fingerprint density at radius 2 is 2.00 bits per heavy atom. The van der Waals surface area contributed by atoms with Crippen LogP contribution < -0.4 is 4.72 Å². The summed E-state index contributed by atoms with van der Waals surface area (Å²) in [5.41, 5.74) is -0.118. The van der Waals surface area contributed by atoms with Crippen LogP contribution >= 0.6 is 0 Å². The topological polar surface area (TPSA) is 101 Å². The number of carboxylic acids is 1. The highest BCUT2D eigenvalue weighted by molar-refractivity contribution is 7.92. The summed E-state index contributed by atoms with van der Waals surface area (Å²) in [5.74, 6) is -0.669. The van der Waals surface area contributed by atoms with E-state index >= 15 is 0 Å². The molecule has 0 radical (unpaired) electrons. The molecule has 0 bridgehead atoms. The number of aromatic carboxylic acids is 1. The van der Waals surface area contributed by atoms with Crippen molar-refractivity contribution in [2.45, 2.75) is 11.9 Å². The maximum absolute atomic E-state index is 12.2. The molecule has 2 aromatic rings. The predicted octanol–water partition coefficient (Wildman–Crippen LogP) is 1.23. The van der Waals surface area contributed by atoms with E-state index in [2.05, 4.69) is 9.71 Å². The molecule has 0 amide bonds. The Labute approximate surface area is 115 Å². The molecule has 106 valence electrons. The normalized spacial score (nSPS) is 11.3. The van der Waals surface area contributed by atoms with Crippen molar-refractivity contribution >= 4 is 21.7 Å². The van der Waals surface area contributed by atoms with Gasteiger partial charge in [-0.15, -0.1) is 0 Å². The molecule has 1 heterocycles. The zero-order valence-corrected chi connectivity index (χ0v) is 11.7. The zero-order chi connectivity index (χ0) is 14.9. The molecule has 0 saturated carbocycles. The molecule has 7 nitrogen and oxygen atoms in total. The Morgan fingerprint density at radius 3 is 2.55 bits per heavy atom. The number of nitrogens with zero attached hydrogens (tertiary/aromatic N) is 2. The van der Waals surface area contributed by atoms with Gasteiger partial charge in [0.05, 0.1) is 11.3 Å². The van der Waals surface area contributed by atoms with Gasteiger partial charge in [-0.1, -0.05) is 12.1 Å². The van der Waals surface area contributed by atoms with Crippen LogP contribution in [-0.4, -0.2) is 29.0 Å². The highest BCUT2D eigenvalue weighted by Gasteiger charge is 2.21. The number of sulfonamides is 1. The molecule has 2 rings (SSSR count). The Morgan fingerprint density at radius 1 is 1.35 bits per heavy atom. The first-order chi connectivity index (χ1) is 9.31. The summed E-state index contributed by atoms with van der Waals surface area (Å²) in [6, 6.07) is 5.78. The average molecular weight is 295 g/mol. The number of rotatable bonds is 4. The number of carbonyl (C=O) groups is 1. The van der Waals surface area contributed by atoms with Crippen molar-refractivity contribution in [1.82, 2.24) is 9.55 Å². The summed E-state index contributed by atoms with van der Waals surface area (Å²) in [4.78, 5) is 15.0. The van der Waals surface area contributed by atoms with Crippen LogP contribution in [0.25, 0.3) is 0 Å². The lowest BCUT2D eigenvalue weighted by Gasteiger charge is -2.08. The molecule has 0 unspecified atom stereocenters. The summed E-state index contributed by atoms with van der Waals surface area (Å²) >= 11 is 0. The minimum absolute atomic E-state index is 0.00306. The fourth-order valence-electron chi connectivity index (χ4n) is 1.61. The molecule has 20 heavy (non-hydrogen) atoms. The molecular weight excluding hydrogens is 282 g/mol. The van der Waals surface area contributed by atoms with Crippen molar-refractivity contribution in [1.29, 1.82) is 0 Å². The van der Waals surface area contributed by atoms with Crippen LogP contribution in [0.15, 0.2) is 35.5 Å². The van der Waals surface area contributed by atoms with E-state index in [0.29, 0.717) is 5.82 Å². The van der Waals surface area contributed by atoms with Crippen LogP contribution in [-0.2, 0) is 17.1 Å². The molecule has 1 aromatic carbocycles. The van der Waals surface area contributed by atoms with Gasteiger partial charge in [-0.3, -0.25) is 4.72 Å². The lowest BCUT2D eigenvalue weighted by molar-refractivity contribution is 0.0698. The number of aryl methyl sites for hydroxylation is 2. The van der Waals surface area contributed by atoms with Crippen molar-refractivity contribution in [3.05, 3.63) is 41.9 Å². The Kier molecular flexibility index (Phi) is 3.49. The molecule has 2 N–H and O–H groups in total. The summed E-state index contributed by atoms with van der Waals surface area (Å²) < 4.78 is 28.1. The molecule has 0 saturated heterocycles. The number of hydrogen-bond acceptors (Lipinski definition) is 4. The van der Waals surface area contributed by atoms with Gasteiger partial charge in [-0.25, -0.2) is 9.78 Å². The van der Waals surface area contributed by atoms with Crippen molar-refractivity contribution in [3.63, 3.8) is 0 Å². The molecule has 0 spiro atoms. The van der Waals surface area contributed by atoms with Crippen molar-refractivity contribution in [3.8, 4) is 0 Å². The second-order valence-electron chi connectivity index (χ2n) is 4.19. The molecular formula is C12H13N3O4S. The Balaban J connectivity index is 2.41. The van der Waals surface area contributed by atoms with Crippen molar-refractivity contribution in [2.75, 3.05) is 4.72 Å². The highest BCUT2D eigenvalue weighted by atomic mass is 32.2. The molecule has 0 aliphatic heterocycles. The van der Waals surface area contributed by atoms with Gasteiger partial charge in [0.25, 0.3) is 10.0 Å². The van der Waals surface area contributed by atoms with Gasteiger partial charge < -0.3 is 9.67 Å². The summed E-state index contributed by atoms with van der Waals surface area (Å²) in [6.07, 6.45) is 1.36. The smallest absolute Gasteiger partial charge is 0.337 e. The third-order valence-electron chi connectivity index (χ3n) is 2.76. The van der Waals surface area contributed by atoms with Crippen molar-refractivity contribution in [2.24, 2.45) is 7.05 Å². The predicted molar refractivity (Wildman–Crippen MR) is 72.2 cm³/mol. The van der Waals surface area contributed by atoms with Gasteiger partial charge in [0.15, 0.2) is 5.03 Å². The number of carboxylic acid groups (broad SMARTS) is 1. The quantitative estimate of drug-likeness (QED) is 0.883. The van der Waals surface area contributed by atoms with Crippen LogP contribution in [0.1, 0.15) is 16.2 Å². The Hall–Kier alpha value is -2.35. The average Bonchev–Trinajstić information content (AvgIpc) is 2.70. The number of hydrogen-bond donors (Lipinski definition) is 2. The lowest BCUT2D eigenvalue weighted by atomic mass is 10.2. The fourth-order valence-corrected chi connectivity index (χ4v) is 2.73. The number of benzene rings is 1. The molecule has 8 heteroatoms. The molecule has 0 fully saturated rings. The summed E-state index contributed by atoms with van der Waals surface area (Å²) in [6.45, 7) is 1.67. The number of anilines is 1. The van der Waals surface area contributed by atoms with E-state index in [9.17, 15) is 13.2 Å². The van der Waals surface area contributed by atoms with E-state index in [0.717, 1.165) is 0 Å². The van der Waals surface area contributed by atoms with Crippen LogP contribution in [0.4, 0.5) is 5.69 Å². The van der Waals surface area contributed by atoms with Gasteiger partial charge in [0, 0.05) is 13.2 Å². The van der Waals surface area contributed by atoms with Gasteiger partial charge >= 0.3 is 5.97 Å². The van der Waals surface area contributed by atoms with Gasteiger partial charge in [0.1, 0.15) is 5.82 Å². The van der Waals surface area contributed by atoms with E-state index < -0.39 is 16.0 Å². The minimum atomic E-state index is -3.92. The highest BCUT2D eigenvalue weighted by Crippen LogP contribution is 2.19. The van der Waals surface area contributed by atoms with Crippen LogP contribution in [0.3, 0.4) is 0 Å². The van der Waals surface area contributed by atoms with Gasteiger partial charge in [0.2, 0.25) is 0 Å². The Bertz CT molecular complexity index is 745. The third-order valence-corrected chi connectivity index (χ3v) is 4.00. The molecule has 0 aliphatic carbocycles. The second-order valence-corrected chi connectivity index (χ2v) is 5.82. The van der Waals surface area contributed by atoms with E-state index in [4.69, 9.17) is 5.11 Å². The standard InChI is InChI=1S/C12H13N3O4S/c1-8-13-11(7-15(8)2)20(18,19)14-10-6-4-3-5-9(10)12(16)17/h3-7,14H,1-2H3,(H,16,17). The first kappa shape index (κ1) is 14.1. The van der Waals surface area contributed by atoms with Crippen LogP contribution in [0.2, 0.25) is 0 Å². The fraction of sp³-hybridized carbons (Fsp3) is 0.167. The van der Waals surface area contributed by atoms with Crippen molar-refractivity contribution < 1.29 is 18.3 Å². The monoisotopic (exact) mass is 295 g/mol. The third kappa shape index (κ3) is 2.64. The zero-order valence-electron chi connectivity index (χ0n) is 10.9. The maximum atomic E-state index is 12.2. The SMILES string of the molecule is Cc1nc(S(=O)(=O)Nc2ccccc2C(=O)O)cn1C.